The Bertz CT molecular complexity index is 708. The minimum Gasteiger partial charge on any atom is -0.378 e. The molecule has 1 aromatic carbocycles. The number of ether oxygens (including phenoxy) is 1. The lowest BCUT2D eigenvalue weighted by Crippen LogP contribution is -2.70. The number of anilines is 1. The summed E-state index contributed by atoms with van der Waals surface area (Å²) in [6, 6.07) is 4.75. The Balaban J connectivity index is 2.03. The molecule has 2 saturated heterocycles. The van der Waals surface area contributed by atoms with Crippen molar-refractivity contribution in [3.63, 3.8) is 0 Å². The van der Waals surface area contributed by atoms with Crippen LogP contribution in [0.1, 0.15) is 38.1 Å². The summed E-state index contributed by atoms with van der Waals surface area (Å²) in [4.78, 5) is 28.1. The van der Waals surface area contributed by atoms with Gasteiger partial charge >= 0.3 is 0 Å². The molecule has 1 aromatic rings. The van der Waals surface area contributed by atoms with Gasteiger partial charge in [0.1, 0.15) is 5.69 Å². The Morgan fingerprint density at radius 3 is 2.36 bits per heavy atom. The third kappa shape index (κ3) is 2.76. The standard InChI is InChI=1S/C18H25N3O4/c1-17(2)12-20(18(17,3)4)16(22)13-6-5-7-14(21(23)24)15(13)19-8-10-25-11-9-19/h5-7H,8-12H2,1-4H3. The molecule has 0 N–H and O–H groups in total. The third-order valence-corrected chi connectivity index (χ3v) is 5.90. The Labute approximate surface area is 147 Å². The average Bonchev–Trinajstić information content (AvgIpc) is 2.59. The molecule has 0 radical (unpaired) electrons. The molecule has 2 fully saturated rings. The summed E-state index contributed by atoms with van der Waals surface area (Å²) in [7, 11) is 0. The number of nitrogens with zero attached hydrogens (tertiary/aromatic N) is 3. The average molecular weight is 347 g/mol. The van der Waals surface area contributed by atoms with E-state index in [0.29, 0.717) is 44.1 Å². The molecule has 136 valence electrons. The van der Waals surface area contributed by atoms with E-state index < -0.39 is 4.92 Å². The number of hydrogen-bond donors (Lipinski definition) is 0. The molecule has 3 rings (SSSR count). The number of rotatable bonds is 3. The first-order chi connectivity index (χ1) is 11.7. The van der Waals surface area contributed by atoms with Gasteiger partial charge in [-0.2, -0.15) is 0 Å². The number of nitro benzene ring substituents is 1. The minimum absolute atomic E-state index is 0.0164. The van der Waals surface area contributed by atoms with Crippen molar-refractivity contribution in [3.8, 4) is 0 Å². The normalized spacial score (nSPS) is 21.6. The second kappa shape index (κ2) is 5.98. The van der Waals surface area contributed by atoms with Crippen molar-refractivity contribution < 1.29 is 14.5 Å². The number of morpholine rings is 1. The zero-order valence-electron chi connectivity index (χ0n) is 15.2. The van der Waals surface area contributed by atoms with Gasteiger partial charge in [0.15, 0.2) is 0 Å². The molecular weight excluding hydrogens is 322 g/mol. The fourth-order valence-electron chi connectivity index (χ4n) is 3.50. The number of carbonyl (C=O) groups excluding carboxylic acids is 1. The van der Waals surface area contributed by atoms with Gasteiger partial charge < -0.3 is 14.5 Å². The van der Waals surface area contributed by atoms with Gasteiger partial charge in [0.25, 0.3) is 11.6 Å². The predicted molar refractivity (Wildman–Crippen MR) is 95.0 cm³/mol. The van der Waals surface area contributed by atoms with E-state index in [1.807, 2.05) is 23.6 Å². The first kappa shape index (κ1) is 17.7. The van der Waals surface area contributed by atoms with E-state index in [-0.39, 0.29) is 22.5 Å². The highest BCUT2D eigenvalue weighted by Gasteiger charge is 2.55. The van der Waals surface area contributed by atoms with Crippen LogP contribution in [-0.2, 0) is 4.74 Å². The summed E-state index contributed by atoms with van der Waals surface area (Å²) in [6.45, 7) is 11.1. The summed E-state index contributed by atoms with van der Waals surface area (Å²) < 4.78 is 5.36. The summed E-state index contributed by atoms with van der Waals surface area (Å²) in [5, 5.41) is 11.5. The fraction of sp³-hybridized carbons (Fsp3) is 0.611. The Kier molecular flexibility index (Phi) is 4.23. The van der Waals surface area contributed by atoms with E-state index in [2.05, 4.69) is 13.8 Å². The number of likely N-dealkylation sites (tertiary alicyclic amines) is 1. The second-order valence-electron chi connectivity index (χ2n) is 7.86. The van der Waals surface area contributed by atoms with Gasteiger partial charge in [-0.3, -0.25) is 14.9 Å². The van der Waals surface area contributed by atoms with Crippen LogP contribution in [0.5, 0.6) is 0 Å². The highest BCUT2D eigenvalue weighted by Crippen LogP contribution is 2.48. The molecule has 7 nitrogen and oxygen atoms in total. The SMILES string of the molecule is CC1(C)CN(C(=O)c2cccc([N+](=O)[O-])c2N2CCOCC2)C1(C)C. The smallest absolute Gasteiger partial charge is 0.293 e. The van der Waals surface area contributed by atoms with Crippen LogP contribution in [0.2, 0.25) is 0 Å². The van der Waals surface area contributed by atoms with Crippen molar-refractivity contribution in [3.05, 3.63) is 33.9 Å². The van der Waals surface area contributed by atoms with Gasteiger partial charge in [-0.05, 0) is 19.9 Å². The number of para-hydroxylation sites is 1. The zero-order chi connectivity index (χ0) is 18.4. The molecular formula is C18H25N3O4. The van der Waals surface area contributed by atoms with Crippen LogP contribution in [-0.4, -0.2) is 54.1 Å². The maximum Gasteiger partial charge on any atom is 0.293 e. The summed E-state index contributed by atoms with van der Waals surface area (Å²) >= 11 is 0. The summed E-state index contributed by atoms with van der Waals surface area (Å²) in [5.41, 5.74) is 0.519. The van der Waals surface area contributed by atoms with E-state index in [1.165, 1.54) is 6.07 Å². The maximum absolute atomic E-state index is 13.2. The van der Waals surface area contributed by atoms with Gasteiger partial charge in [-0.25, -0.2) is 0 Å². The van der Waals surface area contributed by atoms with E-state index in [0.717, 1.165) is 0 Å². The monoisotopic (exact) mass is 347 g/mol. The largest absolute Gasteiger partial charge is 0.378 e. The topological polar surface area (TPSA) is 75.9 Å². The summed E-state index contributed by atoms with van der Waals surface area (Å²) in [6.07, 6.45) is 0. The van der Waals surface area contributed by atoms with Crippen molar-refractivity contribution in [2.45, 2.75) is 33.2 Å². The van der Waals surface area contributed by atoms with Gasteiger partial charge in [0.2, 0.25) is 0 Å². The molecule has 0 aromatic heterocycles. The number of hydrogen-bond acceptors (Lipinski definition) is 5. The second-order valence-corrected chi connectivity index (χ2v) is 7.86. The van der Waals surface area contributed by atoms with Gasteiger partial charge in [-0.1, -0.05) is 19.9 Å². The van der Waals surface area contributed by atoms with Crippen molar-refractivity contribution in [2.75, 3.05) is 37.7 Å². The van der Waals surface area contributed by atoms with Gasteiger partial charge in [-0.15, -0.1) is 0 Å². The number of benzene rings is 1. The van der Waals surface area contributed by atoms with Gasteiger partial charge in [0, 0.05) is 36.7 Å². The van der Waals surface area contributed by atoms with Crippen molar-refractivity contribution in [2.24, 2.45) is 5.41 Å². The van der Waals surface area contributed by atoms with Crippen LogP contribution < -0.4 is 4.90 Å². The lowest BCUT2D eigenvalue weighted by Gasteiger charge is -2.61. The molecule has 1 amide bonds. The van der Waals surface area contributed by atoms with Crippen LogP contribution in [0.15, 0.2) is 18.2 Å². The number of nitro groups is 1. The molecule has 0 unspecified atom stereocenters. The molecule has 25 heavy (non-hydrogen) atoms. The fourth-order valence-corrected chi connectivity index (χ4v) is 3.50. The Hall–Kier alpha value is -2.15. The minimum atomic E-state index is -0.410. The molecule has 0 atom stereocenters. The van der Waals surface area contributed by atoms with Crippen LogP contribution in [0, 0.1) is 15.5 Å². The van der Waals surface area contributed by atoms with Crippen LogP contribution in [0.3, 0.4) is 0 Å². The lowest BCUT2D eigenvalue weighted by atomic mass is 9.65. The van der Waals surface area contributed by atoms with Crippen LogP contribution >= 0.6 is 0 Å². The Morgan fingerprint density at radius 1 is 1.20 bits per heavy atom. The molecule has 2 aliphatic rings. The van der Waals surface area contributed by atoms with E-state index in [9.17, 15) is 14.9 Å². The number of amides is 1. The molecule has 0 bridgehead atoms. The van der Waals surface area contributed by atoms with E-state index in [1.54, 1.807) is 12.1 Å². The number of carbonyl (C=O) groups is 1. The lowest BCUT2D eigenvalue weighted by molar-refractivity contribution is -0.384. The molecule has 2 aliphatic heterocycles. The first-order valence-electron chi connectivity index (χ1n) is 8.59. The maximum atomic E-state index is 13.2. The highest BCUT2D eigenvalue weighted by molar-refractivity contribution is 6.02. The van der Waals surface area contributed by atoms with Crippen molar-refractivity contribution in [1.29, 1.82) is 0 Å². The molecule has 2 heterocycles. The molecule has 0 saturated carbocycles. The van der Waals surface area contributed by atoms with Crippen LogP contribution in [0.25, 0.3) is 0 Å². The zero-order valence-corrected chi connectivity index (χ0v) is 15.2. The quantitative estimate of drug-likeness (QED) is 0.621. The molecule has 0 aliphatic carbocycles. The molecule has 7 heteroatoms. The summed E-state index contributed by atoms with van der Waals surface area (Å²) in [5.74, 6) is -0.144. The van der Waals surface area contributed by atoms with E-state index >= 15 is 0 Å². The third-order valence-electron chi connectivity index (χ3n) is 5.90. The van der Waals surface area contributed by atoms with Crippen LogP contribution in [0.4, 0.5) is 11.4 Å². The first-order valence-corrected chi connectivity index (χ1v) is 8.59. The van der Waals surface area contributed by atoms with Crippen molar-refractivity contribution >= 4 is 17.3 Å². The predicted octanol–water partition coefficient (Wildman–Crippen LogP) is 2.69. The van der Waals surface area contributed by atoms with Gasteiger partial charge in [0.05, 0.1) is 23.7 Å². The Morgan fingerprint density at radius 2 is 1.84 bits per heavy atom. The van der Waals surface area contributed by atoms with Crippen molar-refractivity contribution in [1.82, 2.24) is 4.90 Å². The van der Waals surface area contributed by atoms with E-state index in [4.69, 9.17) is 4.74 Å². The highest BCUT2D eigenvalue weighted by atomic mass is 16.6. The molecule has 0 spiro atoms.